The van der Waals surface area contributed by atoms with Gasteiger partial charge in [-0.25, -0.2) is 0 Å². The molecule has 0 aliphatic heterocycles. The number of ether oxygens (including phenoxy) is 1. The molecule has 3 aromatic rings. The summed E-state index contributed by atoms with van der Waals surface area (Å²) in [4.78, 5) is 12.4. The van der Waals surface area contributed by atoms with Crippen LogP contribution >= 0.6 is 23.3 Å². The standard InChI is InChI=1S/C17H16ClN3O2S/c1-2-3-10-23-12-6-4-11(5-7-12)17(22)19-15-13(18)8-9-14-16(15)21-24-20-14/h4-9H,2-3,10H2,1H3,(H,19,22). The normalized spacial score (nSPS) is 10.8. The van der Waals surface area contributed by atoms with Crippen molar-refractivity contribution in [1.82, 2.24) is 8.75 Å². The third-order valence-corrected chi connectivity index (χ3v) is 4.36. The first-order valence-corrected chi connectivity index (χ1v) is 8.75. The lowest BCUT2D eigenvalue weighted by atomic mass is 10.2. The number of nitrogens with zero attached hydrogens (tertiary/aromatic N) is 2. The second-order valence-corrected chi connectivity index (χ2v) is 6.17. The fraction of sp³-hybridized carbons (Fsp3) is 0.235. The van der Waals surface area contributed by atoms with E-state index >= 15 is 0 Å². The van der Waals surface area contributed by atoms with Crippen LogP contribution in [-0.2, 0) is 0 Å². The van der Waals surface area contributed by atoms with Crippen molar-refractivity contribution in [2.24, 2.45) is 0 Å². The number of hydrogen-bond acceptors (Lipinski definition) is 5. The third-order valence-electron chi connectivity index (χ3n) is 3.50. The van der Waals surface area contributed by atoms with Gasteiger partial charge >= 0.3 is 0 Å². The lowest BCUT2D eigenvalue weighted by Gasteiger charge is -2.09. The Morgan fingerprint density at radius 1 is 1.21 bits per heavy atom. The summed E-state index contributed by atoms with van der Waals surface area (Å²) in [5, 5.41) is 3.25. The summed E-state index contributed by atoms with van der Waals surface area (Å²) >= 11 is 7.27. The molecule has 24 heavy (non-hydrogen) atoms. The first kappa shape index (κ1) is 16.7. The quantitative estimate of drug-likeness (QED) is 0.642. The Hall–Kier alpha value is -2.18. The maximum atomic E-state index is 12.4. The smallest absolute Gasteiger partial charge is 0.255 e. The maximum absolute atomic E-state index is 12.4. The predicted molar refractivity (Wildman–Crippen MR) is 97.2 cm³/mol. The minimum absolute atomic E-state index is 0.252. The summed E-state index contributed by atoms with van der Waals surface area (Å²) < 4.78 is 13.9. The molecule has 2 aromatic carbocycles. The summed E-state index contributed by atoms with van der Waals surface area (Å²) in [6.07, 6.45) is 2.09. The number of nitrogens with one attached hydrogen (secondary N) is 1. The van der Waals surface area contributed by atoms with Gasteiger partial charge in [0.15, 0.2) is 0 Å². The number of benzene rings is 2. The number of hydrogen-bond donors (Lipinski definition) is 1. The van der Waals surface area contributed by atoms with Gasteiger partial charge in [0.25, 0.3) is 5.91 Å². The molecule has 5 nitrogen and oxygen atoms in total. The highest BCUT2D eigenvalue weighted by Crippen LogP contribution is 2.30. The SMILES string of the molecule is CCCCOc1ccc(C(=O)Nc2c(Cl)ccc3nsnc23)cc1. The molecule has 0 saturated carbocycles. The Bertz CT molecular complexity index is 849. The van der Waals surface area contributed by atoms with Crippen molar-refractivity contribution in [3.63, 3.8) is 0 Å². The van der Waals surface area contributed by atoms with Gasteiger partial charge in [0.1, 0.15) is 16.8 Å². The van der Waals surface area contributed by atoms with Crippen LogP contribution in [0.25, 0.3) is 11.0 Å². The zero-order valence-corrected chi connectivity index (χ0v) is 14.7. The van der Waals surface area contributed by atoms with E-state index in [0.29, 0.717) is 33.9 Å². The molecule has 1 amide bonds. The van der Waals surface area contributed by atoms with Crippen LogP contribution in [0.4, 0.5) is 5.69 Å². The zero-order valence-electron chi connectivity index (χ0n) is 13.1. The number of aromatic nitrogens is 2. The van der Waals surface area contributed by atoms with E-state index in [1.54, 1.807) is 36.4 Å². The van der Waals surface area contributed by atoms with E-state index in [1.807, 2.05) is 0 Å². The molecule has 1 N–H and O–H groups in total. The molecule has 1 heterocycles. The molecule has 0 spiro atoms. The molecule has 0 saturated heterocycles. The van der Waals surface area contributed by atoms with Gasteiger partial charge in [-0.1, -0.05) is 24.9 Å². The highest BCUT2D eigenvalue weighted by Gasteiger charge is 2.14. The summed E-state index contributed by atoms with van der Waals surface area (Å²) in [5.41, 5.74) is 2.31. The molecule has 0 aliphatic rings. The van der Waals surface area contributed by atoms with E-state index in [-0.39, 0.29) is 5.91 Å². The topological polar surface area (TPSA) is 64.1 Å². The van der Waals surface area contributed by atoms with Gasteiger partial charge in [0.05, 0.1) is 29.0 Å². The van der Waals surface area contributed by atoms with Gasteiger partial charge in [-0.05, 0) is 42.8 Å². The van der Waals surface area contributed by atoms with E-state index in [4.69, 9.17) is 16.3 Å². The van der Waals surface area contributed by atoms with Gasteiger partial charge in [0.2, 0.25) is 0 Å². The van der Waals surface area contributed by atoms with Crippen LogP contribution in [0.3, 0.4) is 0 Å². The fourth-order valence-corrected chi connectivity index (χ4v) is 2.91. The molecule has 0 radical (unpaired) electrons. The van der Waals surface area contributed by atoms with Crippen LogP contribution < -0.4 is 10.1 Å². The van der Waals surface area contributed by atoms with Crippen molar-refractivity contribution in [2.75, 3.05) is 11.9 Å². The number of unbranched alkanes of at least 4 members (excludes halogenated alkanes) is 1. The highest BCUT2D eigenvalue weighted by atomic mass is 35.5. The molecule has 1 aromatic heterocycles. The summed E-state index contributed by atoms with van der Waals surface area (Å²) in [6, 6.07) is 10.5. The van der Waals surface area contributed by atoms with Gasteiger partial charge in [-0.3, -0.25) is 4.79 Å². The Morgan fingerprint density at radius 2 is 2.00 bits per heavy atom. The molecule has 7 heteroatoms. The van der Waals surface area contributed by atoms with E-state index in [0.717, 1.165) is 30.3 Å². The first-order chi connectivity index (χ1) is 11.7. The number of halogens is 1. The molecule has 0 unspecified atom stereocenters. The van der Waals surface area contributed by atoms with Crippen molar-refractivity contribution in [2.45, 2.75) is 19.8 Å². The third kappa shape index (κ3) is 3.66. The Labute approximate surface area is 148 Å². The van der Waals surface area contributed by atoms with Crippen LogP contribution in [-0.4, -0.2) is 21.3 Å². The summed E-state index contributed by atoms with van der Waals surface area (Å²) in [7, 11) is 0. The fourth-order valence-electron chi connectivity index (χ4n) is 2.17. The Balaban J connectivity index is 1.74. The number of carbonyl (C=O) groups is 1. The number of amides is 1. The number of carbonyl (C=O) groups excluding carboxylic acids is 1. The molecule has 3 rings (SSSR count). The molecule has 0 fully saturated rings. The monoisotopic (exact) mass is 361 g/mol. The zero-order chi connectivity index (χ0) is 16.9. The van der Waals surface area contributed by atoms with Crippen molar-refractivity contribution >= 4 is 46.0 Å². The average molecular weight is 362 g/mol. The molecule has 0 bridgehead atoms. The lowest BCUT2D eigenvalue weighted by Crippen LogP contribution is -2.12. The molecular weight excluding hydrogens is 346 g/mol. The number of anilines is 1. The van der Waals surface area contributed by atoms with Gasteiger partial charge in [-0.15, -0.1) is 0 Å². The van der Waals surface area contributed by atoms with Crippen LogP contribution in [0.15, 0.2) is 36.4 Å². The minimum atomic E-state index is -0.252. The summed E-state index contributed by atoms with van der Waals surface area (Å²) in [5.74, 6) is 0.501. The van der Waals surface area contributed by atoms with Crippen molar-refractivity contribution < 1.29 is 9.53 Å². The highest BCUT2D eigenvalue weighted by molar-refractivity contribution is 7.00. The van der Waals surface area contributed by atoms with Crippen LogP contribution in [0.5, 0.6) is 5.75 Å². The van der Waals surface area contributed by atoms with Crippen LogP contribution in [0.1, 0.15) is 30.1 Å². The molecule has 0 atom stereocenters. The van der Waals surface area contributed by atoms with Gasteiger partial charge < -0.3 is 10.1 Å². The largest absolute Gasteiger partial charge is 0.494 e. The van der Waals surface area contributed by atoms with Crippen LogP contribution in [0, 0.1) is 0 Å². The maximum Gasteiger partial charge on any atom is 0.255 e. The van der Waals surface area contributed by atoms with Crippen molar-refractivity contribution in [1.29, 1.82) is 0 Å². The number of rotatable bonds is 6. The van der Waals surface area contributed by atoms with Crippen LogP contribution in [0.2, 0.25) is 5.02 Å². The van der Waals surface area contributed by atoms with Gasteiger partial charge in [0, 0.05) is 5.56 Å². The van der Waals surface area contributed by atoms with Crippen molar-refractivity contribution in [3.8, 4) is 5.75 Å². The van der Waals surface area contributed by atoms with E-state index in [9.17, 15) is 4.79 Å². The molecule has 124 valence electrons. The van der Waals surface area contributed by atoms with E-state index in [1.165, 1.54) is 0 Å². The molecular formula is C17H16ClN3O2S. The first-order valence-electron chi connectivity index (χ1n) is 7.64. The van der Waals surface area contributed by atoms with Gasteiger partial charge in [-0.2, -0.15) is 8.75 Å². The lowest BCUT2D eigenvalue weighted by molar-refractivity contribution is 0.102. The second-order valence-electron chi connectivity index (χ2n) is 5.23. The number of fused-ring (bicyclic) bond motifs is 1. The van der Waals surface area contributed by atoms with E-state index in [2.05, 4.69) is 21.0 Å². The average Bonchev–Trinajstić information content (AvgIpc) is 3.07. The summed E-state index contributed by atoms with van der Waals surface area (Å²) in [6.45, 7) is 2.79. The Morgan fingerprint density at radius 3 is 2.75 bits per heavy atom. The van der Waals surface area contributed by atoms with E-state index < -0.39 is 0 Å². The predicted octanol–water partition coefficient (Wildman–Crippen LogP) is 4.78. The molecule has 0 aliphatic carbocycles. The minimum Gasteiger partial charge on any atom is -0.494 e. The second kappa shape index (κ2) is 7.59. The van der Waals surface area contributed by atoms with Crippen molar-refractivity contribution in [3.05, 3.63) is 47.0 Å². The Kier molecular flexibility index (Phi) is 5.27.